The third kappa shape index (κ3) is 4.75. The minimum atomic E-state index is -0.0299. The van der Waals surface area contributed by atoms with E-state index in [0.717, 1.165) is 42.4 Å². The molecule has 28 heavy (non-hydrogen) atoms. The summed E-state index contributed by atoms with van der Waals surface area (Å²) in [5.41, 5.74) is 4.33. The van der Waals surface area contributed by atoms with E-state index in [1.807, 2.05) is 36.1 Å². The molecule has 3 rings (SSSR count). The Morgan fingerprint density at radius 3 is 2.32 bits per heavy atom. The van der Waals surface area contributed by atoms with Crippen molar-refractivity contribution in [2.45, 2.75) is 20.4 Å². The largest absolute Gasteiger partial charge is 0.493 e. The van der Waals surface area contributed by atoms with Gasteiger partial charge in [0.2, 0.25) is 0 Å². The zero-order valence-corrected chi connectivity index (χ0v) is 17.1. The van der Waals surface area contributed by atoms with E-state index in [1.165, 1.54) is 11.1 Å². The number of carbonyl (C=O) groups is 1. The predicted octanol–water partition coefficient (Wildman–Crippen LogP) is 3.67. The van der Waals surface area contributed by atoms with E-state index in [-0.39, 0.29) is 6.03 Å². The third-order valence-electron chi connectivity index (χ3n) is 5.14. The Bertz CT molecular complexity index is 830. The highest BCUT2D eigenvalue weighted by Gasteiger charge is 2.21. The van der Waals surface area contributed by atoms with Crippen LogP contribution in [0.1, 0.15) is 16.7 Å². The molecule has 0 aromatic heterocycles. The maximum atomic E-state index is 12.6. The molecule has 0 atom stereocenters. The van der Waals surface area contributed by atoms with Crippen molar-refractivity contribution >= 4 is 11.7 Å². The lowest BCUT2D eigenvalue weighted by Crippen LogP contribution is -2.49. The van der Waals surface area contributed by atoms with Crippen molar-refractivity contribution in [3.8, 4) is 11.5 Å². The molecule has 2 aromatic carbocycles. The number of ether oxygens (including phenoxy) is 2. The quantitative estimate of drug-likeness (QED) is 0.856. The summed E-state index contributed by atoms with van der Waals surface area (Å²) in [5, 5.41) is 3.04. The molecule has 1 N–H and O–H groups in total. The van der Waals surface area contributed by atoms with Crippen molar-refractivity contribution in [1.29, 1.82) is 0 Å². The minimum Gasteiger partial charge on any atom is -0.493 e. The molecular formula is C22H29N3O3. The molecule has 0 aliphatic carbocycles. The highest BCUT2D eigenvalue weighted by atomic mass is 16.5. The van der Waals surface area contributed by atoms with E-state index in [0.29, 0.717) is 13.1 Å². The number of hydrogen-bond donors (Lipinski definition) is 1. The predicted molar refractivity (Wildman–Crippen MR) is 111 cm³/mol. The van der Waals surface area contributed by atoms with Gasteiger partial charge in [-0.05, 0) is 43.2 Å². The van der Waals surface area contributed by atoms with Crippen LogP contribution in [-0.4, -0.2) is 56.2 Å². The zero-order chi connectivity index (χ0) is 20.1. The van der Waals surface area contributed by atoms with Crippen LogP contribution in [-0.2, 0) is 6.54 Å². The van der Waals surface area contributed by atoms with Gasteiger partial charge in [0.15, 0.2) is 11.5 Å². The second-order valence-corrected chi connectivity index (χ2v) is 7.20. The second kappa shape index (κ2) is 8.97. The number of aryl methyl sites for hydroxylation is 2. The van der Waals surface area contributed by atoms with E-state index in [2.05, 4.69) is 29.3 Å². The molecule has 0 unspecified atom stereocenters. The van der Waals surface area contributed by atoms with Gasteiger partial charge in [-0.3, -0.25) is 4.90 Å². The molecule has 150 valence electrons. The molecule has 1 saturated heterocycles. The van der Waals surface area contributed by atoms with Crippen LogP contribution in [0.15, 0.2) is 36.4 Å². The first kappa shape index (κ1) is 20.0. The summed E-state index contributed by atoms with van der Waals surface area (Å²) in [6.45, 7) is 8.00. The van der Waals surface area contributed by atoms with Crippen molar-refractivity contribution in [3.05, 3.63) is 53.1 Å². The molecule has 6 heteroatoms. The normalized spacial score (nSPS) is 14.6. The van der Waals surface area contributed by atoms with E-state index >= 15 is 0 Å². The number of benzene rings is 2. The van der Waals surface area contributed by atoms with E-state index < -0.39 is 0 Å². The number of piperazine rings is 1. The molecule has 6 nitrogen and oxygen atoms in total. The van der Waals surface area contributed by atoms with Gasteiger partial charge >= 0.3 is 6.03 Å². The summed E-state index contributed by atoms with van der Waals surface area (Å²) in [5.74, 6) is 1.48. The van der Waals surface area contributed by atoms with Gasteiger partial charge in [0.1, 0.15) is 0 Å². The number of anilines is 1. The number of carbonyl (C=O) groups excluding carboxylic acids is 1. The summed E-state index contributed by atoms with van der Waals surface area (Å²) in [7, 11) is 3.29. The Morgan fingerprint density at radius 1 is 0.964 bits per heavy atom. The van der Waals surface area contributed by atoms with Crippen LogP contribution in [0.5, 0.6) is 11.5 Å². The standard InChI is InChI=1S/C22H29N3O3/c1-16-5-7-19(17(2)13-16)23-22(26)25-11-9-24(10-12-25)15-18-6-8-20(27-3)21(14-18)28-4/h5-8,13-14H,9-12,15H2,1-4H3,(H,23,26). The van der Waals surface area contributed by atoms with Crippen LogP contribution < -0.4 is 14.8 Å². The van der Waals surface area contributed by atoms with Crippen molar-refractivity contribution in [1.82, 2.24) is 9.80 Å². The first-order chi connectivity index (χ1) is 13.5. The maximum Gasteiger partial charge on any atom is 0.321 e. The summed E-state index contributed by atoms with van der Waals surface area (Å²) >= 11 is 0. The average Bonchev–Trinajstić information content (AvgIpc) is 2.70. The first-order valence-electron chi connectivity index (χ1n) is 9.56. The van der Waals surface area contributed by atoms with Crippen LogP contribution in [0.3, 0.4) is 0 Å². The number of amides is 2. The SMILES string of the molecule is COc1ccc(CN2CCN(C(=O)Nc3ccc(C)cc3C)CC2)cc1OC. The molecule has 0 bridgehead atoms. The van der Waals surface area contributed by atoms with E-state index in [4.69, 9.17) is 9.47 Å². The molecule has 2 amide bonds. The summed E-state index contributed by atoms with van der Waals surface area (Å²) in [6.07, 6.45) is 0. The van der Waals surface area contributed by atoms with Gasteiger partial charge in [-0.25, -0.2) is 4.79 Å². The highest BCUT2D eigenvalue weighted by Crippen LogP contribution is 2.28. The highest BCUT2D eigenvalue weighted by molar-refractivity contribution is 5.90. The summed E-state index contributed by atoms with van der Waals surface area (Å²) in [6, 6.07) is 12.0. The maximum absolute atomic E-state index is 12.6. The van der Waals surface area contributed by atoms with E-state index in [9.17, 15) is 4.79 Å². The van der Waals surface area contributed by atoms with Gasteiger partial charge in [0, 0.05) is 38.4 Å². The van der Waals surface area contributed by atoms with Gasteiger partial charge in [-0.15, -0.1) is 0 Å². The summed E-state index contributed by atoms with van der Waals surface area (Å²) in [4.78, 5) is 16.8. The number of urea groups is 1. The number of rotatable bonds is 5. The molecule has 0 radical (unpaired) electrons. The Balaban J connectivity index is 1.53. The lowest BCUT2D eigenvalue weighted by molar-refractivity contribution is 0.143. The topological polar surface area (TPSA) is 54.0 Å². The fraction of sp³-hybridized carbons (Fsp3) is 0.409. The monoisotopic (exact) mass is 383 g/mol. The Labute approximate surface area is 167 Å². The second-order valence-electron chi connectivity index (χ2n) is 7.20. The molecule has 1 fully saturated rings. The van der Waals surface area contributed by atoms with Gasteiger partial charge in [-0.1, -0.05) is 23.8 Å². The summed E-state index contributed by atoms with van der Waals surface area (Å²) < 4.78 is 10.7. The van der Waals surface area contributed by atoms with Crippen molar-refractivity contribution in [2.24, 2.45) is 0 Å². The van der Waals surface area contributed by atoms with Crippen molar-refractivity contribution < 1.29 is 14.3 Å². The van der Waals surface area contributed by atoms with Gasteiger partial charge < -0.3 is 19.7 Å². The number of nitrogens with zero attached hydrogens (tertiary/aromatic N) is 2. The van der Waals surface area contributed by atoms with Crippen LogP contribution in [0.4, 0.5) is 10.5 Å². The average molecular weight is 383 g/mol. The minimum absolute atomic E-state index is 0.0299. The zero-order valence-electron chi connectivity index (χ0n) is 17.1. The number of methoxy groups -OCH3 is 2. The van der Waals surface area contributed by atoms with Crippen molar-refractivity contribution in [2.75, 3.05) is 45.7 Å². The third-order valence-corrected chi connectivity index (χ3v) is 5.14. The Kier molecular flexibility index (Phi) is 6.41. The lowest BCUT2D eigenvalue weighted by atomic mass is 10.1. The molecule has 0 saturated carbocycles. The molecule has 2 aromatic rings. The fourth-order valence-electron chi connectivity index (χ4n) is 3.49. The van der Waals surface area contributed by atoms with Gasteiger partial charge in [-0.2, -0.15) is 0 Å². The Hall–Kier alpha value is -2.73. The van der Waals surface area contributed by atoms with Crippen LogP contribution in [0, 0.1) is 13.8 Å². The van der Waals surface area contributed by atoms with Crippen molar-refractivity contribution in [3.63, 3.8) is 0 Å². The van der Waals surface area contributed by atoms with Crippen LogP contribution in [0.25, 0.3) is 0 Å². The van der Waals surface area contributed by atoms with E-state index in [1.54, 1.807) is 14.2 Å². The smallest absolute Gasteiger partial charge is 0.321 e. The number of hydrogen-bond acceptors (Lipinski definition) is 4. The van der Waals surface area contributed by atoms with Gasteiger partial charge in [0.25, 0.3) is 0 Å². The molecular weight excluding hydrogens is 354 g/mol. The lowest BCUT2D eigenvalue weighted by Gasteiger charge is -2.34. The molecule has 1 aliphatic rings. The molecule has 1 heterocycles. The Morgan fingerprint density at radius 2 is 1.68 bits per heavy atom. The molecule has 0 spiro atoms. The van der Waals surface area contributed by atoms with Crippen LogP contribution >= 0.6 is 0 Å². The first-order valence-corrected chi connectivity index (χ1v) is 9.56. The van der Waals surface area contributed by atoms with Gasteiger partial charge in [0.05, 0.1) is 14.2 Å². The fourth-order valence-corrected chi connectivity index (χ4v) is 3.49. The number of nitrogens with one attached hydrogen (secondary N) is 1. The van der Waals surface area contributed by atoms with Crippen LogP contribution in [0.2, 0.25) is 0 Å². The molecule has 1 aliphatic heterocycles.